The van der Waals surface area contributed by atoms with Crippen LogP contribution in [-0.4, -0.2) is 37.1 Å². The largest absolute Gasteiger partial charge is 0.416 e. The van der Waals surface area contributed by atoms with Gasteiger partial charge >= 0.3 is 12.2 Å². The van der Waals surface area contributed by atoms with Crippen molar-refractivity contribution in [2.75, 3.05) is 31.5 Å². The average Bonchev–Trinajstić information content (AvgIpc) is 2.54. The number of urea groups is 1. The Morgan fingerprint density at radius 1 is 1.24 bits per heavy atom. The molecule has 0 radical (unpaired) electrons. The second kappa shape index (κ2) is 9.08. The van der Waals surface area contributed by atoms with Crippen molar-refractivity contribution in [2.45, 2.75) is 38.8 Å². The average molecular weight is 357 g/mol. The Balaban J connectivity index is 1.61. The van der Waals surface area contributed by atoms with Crippen LogP contribution in [0.25, 0.3) is 0 Å². The van der Waals surface area contributed by atoms with Crippen LogP contribution in [0.2, 0.25) is 0 Å². The van der Waals surface area contributed by atoms with Gasteiger partial charge in [0.2, 0.25) is 0 Å². The van der Waals surface area contributed by atoms with Crippen molar-refractivity contribution >= 4 is 11.7 Å². The zero-order chi connectivity index (χ0) is 18.3. The summed E-state index contributed by atoms with van der Waals surface area (Å²) in [5, 5.41) is 5.27. The van der Waals surface area contributed by atoms with Gasteiger partial charge in [-0.2, -0.15) is 13.2 Å². The number of nitrogens with one attached hydrogen (secondary N) is 2. The van der Waals surface area contributed by atoms with Gasteiger partial charge in [0.15, 0.2) is 0 Å². The minimum absolute atomic E-state index is 0.341. The molecular weight excluding hydrogens is 331 g/mol. The number of piperidine rings is 1. The van der Waals surface area contributed by atoms with Gasteiger partial charge in [-0.15, -0.1) is 0 Å². The van der Waals surface area contributed by atoms with Crippen LogP contribution in [0, 0.1) is 5.92 Å². The number of rotatable bonds is 6. The molecule has 1 saturated heterocycles. The number of likely N-dealkylation sites (tertiary alicyclic amines) is 1. The molecule has 1 aliphatic rings. The zero-order valence-electron chi connectivity index (χ0n) is 14.5. The van der Waals surface area contributed by atoms with Gasteiger partial charge in [0.1, 0.15) is 0 Å². The van der Waals surface area contributed by atoms with E-state index in [2.05, 4.69) is 22.5 Å². The van der Waals surface area contributed by atoms with E-state index in [0.29, 0.717) is 12.2 Å². The normalized spacial score (nSPS) is 18.8. The summed E-state index contributed by atoms with van der Waals surface area (Å²) in [4.78, 5) is 14.2. The lowest BCUT2D eigenvalue weighted by Crippen LogP contribution is -2.35. The maximum atomic E-state index is 12.5. The topological polar surface area (TPSA) is 44.4 Å². The zero-order valence-corrected chi connectivity index (χ0v) is 14.5. The molecule has 4 nitrogen and oxygen atoms in total. The maximum Gasteiger partial charge on any atom is 0.416 e. The van der Waals surface area contributed by atoms with Crippen molar-refractivity contribution < 1.29 is 18.0 Å². The molecule has 0 bridgehead atoms. The molecular formula is C18H26F3N3O. The number of benzene rings is 1. The highest BCUT2D eigenvalue weighted by molar-refractivity contribution is 5.89. The number of alkyl halides is 3. The molecule has 140 valence electrons. The number of unbranched alkanes of at least 4 members (excludes halogenated alkanes) is 1. The number of hydrogen-bond donors (Lipinski definition) is 2. The summed E-state index contributed by atoms with van der Waals surface area (Å²) >= 11 is 0. The molecule has 2 N–H and O–H groups in total. The van der Waals surface area contributed by atoms with E-state index in [1.54, 1.807) is 0 Å². The molecule has 7 heteroatoms. The molecule has 0 saturated carbocycles. The Labute approximate surface area is 146 Å². The predicted molar refractivity (Wildman–Crippen MR) is 92.5 cm³/mol. The van der Waals surface area contributed by atoms with Crippen LogP contribution < -0.4 is 10.6 Å². The monoisotopic (exact) mass is 357 g/mol. The van der Waals surface area contributed by atoms with Gasteiger partial charge in [-0.25, -0.2) is 4.79 Å². The van der Waals surface area contributed by atoms with Crippen molar-refractivity contribution in [1.29, 1.82) is 0 Å². The highest BCUT2D eigenvalue weighted by Gasteiger charge is 2.29. The SMILES string of the molecule is CC1CCCN(CCCCNC(=O)Nc2ccc(C(F)(F)F)cc2)C1. The van der Waals surface area contributed by atoms with Crippen LogP contribution in [0.3, 0.4) is 0 Å². The number of amides is 2. The van der Waals surface area contributed by atoms with Crippen LogP contribution in [-0.2, 0) is 6.18 Å². The molecule has 1 unspecified atom stereocenters. The van der Waals surface area contributed by atoms with Crippen molar-refractivity contribution in [3.05, 3.63) is 29.8 Å². The second-order valence-electron chi connectivity index (χ2n) is 6.71. The first-order valence-corrected chi connectivity index (χ1v) is 8.79. The summed E-state index contributed by atoms with van der Waals surface area (Å²) in [7, 11) is 0. The Kier molecular flexibility index (Phi) is 7.11. The Morgan fingerprint density at radius 3 is 2.60 bits per heavy atom. The molecule has 1 aliphatic heterocycles. The minimum Gasteiger partial charge on any atom is -0.338 e. The Hall–Kier alpha value is -1.76. The minimum atomic E-state index is -4.37. The number of nitrogens with zero attached hydrogens (tertiary/aromatic N) is 1. The van der Waals surface area contributed by atoms with Gasteiger partial charge in [-0.3, -0.25) is 0 Å². The first-order valence-electron chi connectivity index (χ1n) is 8.79. The molecule has 2 rings (SSSR count). The van der Waals surface area contributed by atoms with Gasteiger partial charge in [0.25, 0.3) is 0 Å². The van der Waals surface area contributed by atoms with E-state index in [0.717, 1.165) is 50.5 Å². The van der Waals surface area contributed by atoms with Crippen LogP contribution in [0.5, 0.6) is 0 Å². The number of anilines is 1. The highest BCUT2D eigenvalue weighted by atomic mass is 19.4. The third kappa shape index (κ3) is 6.94. The van der Waals surface area contributed by atoms with E-state index in [-0.39, 0.29) is 0 Å². The fraction of sp³-hybridized carbons (Fsp3) is 0.611. The summed E-state index contributed by atoms with van der Waals surface area (Å²) in [6.45, 7) is 6.19. The lowest BCUT2D eigenvalue weighted by molar-refractivity contribution is -0.137. The van der Waals surface area contributed by atoms with Crippen LogP contribution in [0.4, 0.5) is 23.7 Å². The maximum absolute atomic E-state index is 12.5. The highest BCUT2D eigenvalue weighted by Crippen LogP contribution is 2.29. The lowest BCUT2D eigenvalue weighted by Gasteiger charge is -2.30. The standard InChI is InChI=1S/C18H26F3N3O/c1-14-5-4-12-24(13-14)11-3-2-10-22-17(25)23-16-8-6-15(7-9-16)18(19,20)21/h6-9,14H,2-5,10-13H2,1H3,(H2,22,23,25). The molecule has 1 aromatic rings. The van der Waals surface area contributed by atoms with Gasteiger partial charge in [-0.1, -0.05) is 6.92 Å². The predicted octanol–water partition coefficient (Wildman–Crippen LogP) is 4.34. The van der Waals surface area contributed by atoms with Gasteiger partial charge < -0.3 is 15.5 Å². The van der Waals surface area contributed by atoms with E-state index in [1.165, 1.54) is 25.0 Å². The fourth-order valence-corrected chi connectivity index (χ4v) is 3.07. The first kappa shape index (κ1) is 19.6. The van der Waals surface area contributed by atoms with Crippen molar-refractivity contribution in [2.24, 2.45) is 5.92 Å². The quantitative estimate of drug-likeness (QED) is 0.744. The van der Waals surface area contributed by atoms with Gasteiger partial charge in [0, 0.05) is 18.8 Å². The van der Waals surface area contributed by atoms with Crippen molar-refractivity contribution in [3.8, 4) is 0 Å². The van der Waals surface area contributed by atoms with E-state index < -0.39 is 17.8 Å². The second-order valence-corrected chi connectivity index (χ2v) is 6.71. The molecule has 1 aromatic carbocycles. The third-order valence-electron chi connectivity index (χ3n) is 4.40. The first-order chi connectivity index (χ1) is 11.8. The van der Waals surface area contributed by atoms with E-state index >= 15 is 0 Å². The van der Waals surface area contributed by atoms with E-state index in [9.17, 15) is 18.0 Å². The summed E-state index contributed by atoms with van der Waals surface area (Å²) in [6.07, 6.45) is 0.0999. The molecule has 1 heterocycles. The molecule has 0 aliphatic carbocycles. The molecule has 0 spiro atoms. The Bertz CT molecular complexity index is 545. The summed E-state index contributed by atoms with van der Waals surface area (Å²) < 4.78 is 37.4. The number of carbonyl (C=O) groups excluding carboxylic acids is 1. The van der Waals surface area contributed by atoms with Gasteiger partial charge in [0.05, 0.1) is 5.56 Å². The number of halogens is 3. The van der Waals surface area contributed by atoms with E-state index in [4.69, 9.17) is 0 Å². The van der Waals surface area contributed by atoms with E-state index in [1.807, 2.05) is 0 Å². The number of carbonyl (C=O) groups is 1. The smallest absolute Gasteiger partial charge is 0.338 e. The lowest BCUT2D eigenvalue weighted by atomic mass is 10.0. The summed E-state index contributed by atoms with van der Waals surface area (Å²) in [6, 6.07) is 4.01. The molecule has 2 amide bonds. The van der Waals surface area contributed by atoms with Crippen molar-refractivity contribution in [1.82, 2.24) is 10.2 Å². The molecule has 1 atom stereocenters. The molecule has 25 heavy (non-hydrogen) atoms. The van der Waals surface area contributed by atoms with Crippen LogP contribution in [0.1, 0.15) is 38.2 Å². The Morgan fingerprint density at radius 2 is 1.96 bits per heavy atom. The number of hydrogen-bond acceptors (Lipinski definition) is 2. The molecule has 0 aromatic heterocycles. The van der Waals surface area contributed by atoms with Crippen LogP contribution in [0.15, 0.2) is 24.3 Å². The third-order valence-corrected chi connectivity index (χ3v) is 4.40. The summed E-state index contributed by atoms with van der Waals surface area (Å²) in [5.41, 5.74) is -0.390. The van der Waals surface area contributed by atoms with Crippen molar-refractivity contribution in [3.63, 3.8) is 0 Å². The van der Waals surface area contributed by atoms with Crippen LogP contribution >= 0.6 is 0 Å². The summed E-state index contributed by atoms with van der Waals surface area (Å²) in [5.74, 6) is 0.765. The fourth-order valence-electron chi connectivity index (χ4n) is 3.07. The van der Waals surface area contributed by atoms with Gasteiger partial charge in [-0.05, 0) is 69.0 Å². The molecule has 1 fully saturated rings.